The predicted molar refractivity (Wildman–Crippen MR) is 73.4 cm³/mol. The molecule has 0 aromatic heterocycles. The topological polar surface area (TPSA) is 69.7 Å². The van der Waals surface area contributed by atoms with Gasteiger partial charge in [0.25, 0.3) is 9.05 Å². The van der Waals surface area contributed by atoms with Gasteiger partial charge in [-0.1, -0.05) is 0 Å². The van der Waals surface area contributed by atoms with E-state index in [1.807, 2.05) is 0 Å². The molecule has 1 aromatic rings. The third kappa shape index (κ3) is 3.93. The lowest BCUT2D eigenvalue weighted by Gasteiger charge is -2.22. The molecule has 1 fully saturated rings. The van der Waals surface area contributed by atoms with E-state index in [-0.39, 0.29) is 16.6 Å². The molecule has 0 amide bonds. The van der Waals surface area contributed by atoms with Crippen LogP contribution in [0.25, 0.3) is 0 Å². The smallest absolute Gasteiger partial charge is 0.341 e. The van der Waals surface area contributed by atoms with E-state index in [1.165, 1.54) is 6.92 Å². The molecule has 0 radical (unpaired) electrons. The number of aryl methyl sites for hydroxylation is 1. The van der Waals surface area contributed by atoms with Gasteiger partial charge in [-0.25, -0.2) is 17.6 Å². The van der Waals surface area contributed by atoms with Crippen LogP contribution in [0.15, 0.2) is 17.0 Å². The summed E-state index contributed by atoms with van der Waals surface area (Å²) < 4.78 is 47.0. The number of hydrogen-bond acceptors (Lipinski definition) is 5. The van der Waals surface area contributed by atoms with E-state index in [4.69, 9.17) is 20.2 Å². The number of rotatable bonds is 3. The van der Waals surface area contributed by atoms with Crippen molar-refractivity contribution >= 4 is 25.7 Å². The standard InChI is InChI=1S/C13H14ClFO5S/c1-8-6-11(15)10(7-12(8)21(14,17)18)13(16)20-9-2-4-19-5-3-9/h6-7,9H,2-5H2,1H3. The zero-order valence-electron chi connectivity index (χ0n) is 11.3. The lowest BCUT2D eigenvalue weighted by atomic mass is 10.1. The third-order valence-corrected chi connectivity index (χ3v) is 4.65. The van der Waals surface area contributed by atoms with Crippen molar-refractivity contribution in [3.05, 3.63) is 29.1 Å². The summed E-state index contributed by atoms with van der Waals surface area (Å²) in [5.74, 6) is -1.74. The van der Waals surface area contributed by atoms with Gasteiger partial charge in [0.1, 0.15) is 11.9 Å². The van der Waals surface area contributed by atoms with E-state index >= 15 is 0 Å². The SMILES string of the molecule is Cc1cc(F)c(C(=O)OC2CCOCC2)cc1S(=O)(=O)Cl. The van der Waals surface area contributed by atoms with Crippen molar-refractivity contribution in [2.24, 2.45) is 0 Å². The Bertz CT molecular complexity index is 653. The van der Waals surface area contributed by atoms with E-state index in [9.17, 15) is 17.6 Å². The van der Waals surface area contributed by atoms with Gasteiger partial charge in [0.2, 0.25) is 0 Å². The molecule has 0 spiro atoms. The fourth-order valence-electron chi connectivity index (χ4n) is 2.08. The van der Waals surface area contributed by atoms with Gasteiger partial charge >= 0.3 is 5.97 Å². The van der Waals surface area contributed by atoms with Crippen molar-refractivity contribution in [3.8, 4) is 0 Å². The Kier molecular flexibility index (Phi) is 4.85. The summed E-state index contributed by atoms with van der Waals surface area (Å²) in [5, 5.41) is 0. The van der Waals surface area contributed by atoms with Crippen LogP contribution in [0.2, 0.25) is 0 Å². The maximum Gasteiger partial charge on any atom is 0.341 e. The normalized spacial score (nSPS) is 16.7. The van der Waals surface area contributed by atoms with Crippen molar-refractivity contribution in [3.63, 3.8) is 0 Å². The molecule has 0 atom stereocenters. The minimum atomic E-state index is -4.06. The van der Waals surface area contributed by atoms with Crippen LogP contribution in [0.4, 0.5) is 4.39 Å². The fraction of sp³-hybridized carbons (Fsp3) is 0.462. The van der Waals surface area contributed by atoms with Crippen molar-refractivity contribution in [2.45, 2.75) is 30.8 Å². The van der Waals surface area contributed by atoms with Crippen LogP contribution in [0, 0.1) is 12.7 Å². The molecule has 1 aromatic carbocycles. The molecule has 5 nitrogen and oxygen atoms in total. The number of hydrogen-bond donors (Lipinski definition) is 0. The molecule has 0 bridgehead atoms. The second-order valence-corrected chi connectivity index (χ2v) is 7.29. The summed E-state index contributed by atoms with van der Waals surface area (Å²) >= 11 is 0. The Morgan fingerprint density at radius 1 is 1.38 bits per heavy atom. The highest BCUT2D eigenvalue weighted by atomic mass is 35.7. The Balaban J connectivity index is 2.28. The summed E-state index contributed by atoms with van der Waals surface area (Å²) in [6.45, 7) is 2.33. The second kappa shape index (κ2) is 6.29. The van der Waals surface area contributed by atoms with E-state index < -0.39 is 26.4 Å². The highest BCUT2D eigenvalue weighted by Gasteiger charge is 2.24. The molecule has 1 heterocycles. The van der Waals surface area contributed by atoms with Crippen LogP contribution in [0.3, 0.4) is 0 Å². The Hall–Kier alpha value is -1.18. The van der Waals surface area contributed by atoms with Crippen molar-refractivity contribution in [1.29, 1.82) is 0 Å². The third-order valence-electron chi connectivity index (χ3n) is 3.19. The molecule has 2 rings (SSSR count). The van der Waals surface area contributed by atoms with Crippen LogP contribution >= 0.6 is 10.7 Å². The van der Waals surface area contributed by atoms with Crippen LogP contribution < -0.4 is 0 Å². The zero-order valence-corrected chi connectivity index (χ0v) is 12.8. The average Bonchev–Trinajstić information content (AvgIpc) is 2.38. The van der Waals surface area contributed by atoms with Gasteiger partial charge in [-0.2, -0.15) is 0 Å². The van der Waals surface area contributed by atoms with Gasteiger partial charge in [0, 0.05) is 23.5 Å². The molecule has 116 valence electrons. The predicted octanol–water partition coefficient (Wildman–Crippen LogP) is 2.40. The van der Waals surface area contributed by atoms with Gasteiger partial charge < -0.3 is 9.47 Å². The van der Waals surface area contributed by atoms with Crippen molar-refractivity contribution < 1.29 is 27.1 Å². The van der Waals surface area contributed by atoms with Gasteiger partial charge in [0.15, 0.2) is 0 Å². The molecular weight excluding hydrogens is 323 g/mol. The van der Waals surface area contributed by atoms with Crippen molar-refractivity contribution in [2.75, 3.05) is 13.2 Å². The molecule has 1 aliphatic heterocycles. The van der Waals surface area contributed by atoms with E-state index in [0.717, 1.165) is 12.1 Å². The molecule has 8 heteroatoms. The number of carbonyl (C=O) groups is 1. The highest BCUT2D eigenvalue weighted by Crippen LogP contribution is 2.24. The number of benzene rings is 1. The van der Waals surface area contributed by atoms with Gasteiger partial charge in [-0.3, -0.25) is 0 Å². The number of halogens is 2. The minimum Gasteiger partial charge on any atom is -0.459 e. The second-order valence-electron chi connectivity index (χ2n) is 4.75. The first-order valence-electron chi connectivity index (χ1n) is 6.32. The van der Waals surface area contributed by atoms with Crippen LogP contribution in [-0.2, 0) is 18.5 Å². The molecule has 1 aliphatic rings. The molecule has 0 N–H and O–H groups in total. The van der Waals surface area contributed by atoms with Gasteiger partial charge in [-0.15, -0.1) is 0 Å². The summed E-state index contributed by atoms with van der Waals surface area (Å²) in [6, 6.07) is 1.87. The lowest BCUT2D eigenvalue weighted by molar-refractivity contribution is -0.0162. The first-order chi connectivity index (χ1) is 9.79. The Morgan fingerprint density at radius 3 is 2.57 bits per heavy atom. The molecule has 1 saturated heterocycles. The fourth-order valence-corrected chi connectivity index (χ4v) is 3.28. The average molecular weight is 337 g/mol. The van der Waals surface area contributed by atoms with E-state index in [0.29, 0.717) is 26.1 Å². The molecular formula is C13H14ClFO5S. The lowest BCUT2D eigenvalue weighted by Crippen LogP contribution is -2.26. The molecule has 0 unspecified atom stereocenters. The number of esters is 1. The maximum absolute atomic E-state index is 13.9. The molecule has 21 heavy (non-hydrogen) atoms. The van der Waals surface area contributed by atoms with Crippen molar-refractivity contribution in [1.82, 2.24) is 0 Å². The zero-order chi connectivity index (χ0) is 15.6. The van der Waals surface area contributed by atoms with Crippen LogP contribution in [-0.4, -0.2) is 33.7 Å². The summed E-state index contributed by atoms with van der Waals surface area (Å²) in [4.78, 5) is 11.7. The largest absolute Gasteiger partial charge is 0.459 e. The summed E-state index contributed by atoms with van der Waals surface area (Å²) in [7, 11) is 1.20. The maximum atomic E-state index is 13.9. The first-order valence-corrected chi connectivity index (χ1v) is 8.63. The Morgan fingerprint density at radius 2 is 2.00 bits per heavy atom. The van der Waals surface area contributed by atoms with Crippen LogP contribution in [0.1, 0.15) is 28.8 Å². The first kappa shape index (κ1) is 16.2. The monoisotopic (exact) mass is 336 g/mol. The van der Waals surface area contributed by atoms with Crippen LogP contribution in [0.5, 0.6) is 0 Å². The minimum absolute atomic E-state index is 0.130. The van der Waals surface area contributed by atoms with Gasteiger partial charge in [0.05, 0.1) is 23.7 Å². The number of ether oxygens (including phenoxy) is 2. The molecule has 0 aliphatic carbocycles. The van der Waals surface area contributed by atoms with E-state index in [1.54, 1.807) is 0 Å². The summed E-state index contributed by atoms with van der Waals surface area (Å²) in [6.07, 6.45) is 0.697. The Labute approximate surface area is 126 Å². The highest BCUT2D eigenvalue weighted by molar-refractivity contribution is 8.13. The van der Waals surface area contributed by atoms with E-state index in [2.05, 4.69) is 0 Å². The molecule has 0 saturated carbocycles. The van der Waals surface area contributed by atoms with Gasteiger partial charge in [-0.05, 0) is 24.6 Å². The number of carbonyl (C=O) groups excluding carboxylic acids is 1. The summed E-state index contributed by atoms with van der Waals surface area (Å²) in [5.41, 5.74) is -0.309. The quantitative estimate of drug-likeness (QED) is 0.626.